The Morgan fingerprint density at radius 2 is 2.33 bits per heavy atom. The second-order valence-corrected chi connectivity index (χ2v) is 5.57. The monoisotopic (exact) mass is 313 g/mol. The highest BCUT2D eigenvalue weighted by atomic mass is 35.5. The zero-order valence-corrected chi connectivity index (χ0v) is 13.3. The van der Waals surface area contributed by atoms with Crippen molar-refractivity contribution in [2.24, 2.45) is 0 Å². The minimum atomic E-state index is 0.311. The Bertz CT molecular complexity index is 422. The van der Waals surface area contributed by atoms with E-state index in [1.54, 1.807) is 7.11 Å². The van der Waals surface area contributed by atoms with E-state index in [2.05, 4.69) is 5.32 Å². The molecule has 2 rings (SSSR count). The van der Waals surface area contributed by atoms with Gasteiger partial charge in [0.15, 0.2) is 0 Å². The van der Waals surface area contributed by atoms with Crippen molar-refractivity contribution in [2.45, 2.75) is 31.9 Å². The molecule has 1 aliphatic rings. The van der Waals surface area contributed by atoms with E-state index in [1.165, 1.54) is 0 Å². The molecule has 1 aromatic rings. The minimum absolute atomic E-state index is 0.311. The Morgan fingerprint density at radius 1 is 1.43 bits per heavy atom. The lowest BCUT2D eigenvalue weighted by Crippen LogP contribution is -2.19. The molecule has 0 radical (unpaired) electrons. The molecule has 4 nitrogen and oxygen atoms in total. The Kier molecular flexibility index (Phi) is 7.30. The zero-order chi connectivity index (χ0) is 14.9. The maximum absolute atomic E-state index is 6.18. The van der Waals surface area contributed by atoms with Gasteiger partial charge in [-0.2, -0.15) is 0 Å². The number of rotatable bonds is 9. The number of methoxy groups -OCH3 is 1. The van der Waals surface area contributed by atoms with Crippen LogP contribution in [-0.2, 0) is 16.0 Å². The van der Waals surface area contributed by atoms with Crippen LogP contribution in [0.15, 0.2) is 18.2 Å². The van der Waals surface area contributed by atoms with Crippen LogP contribution in [-0.4, -0.2) is 39.6 Å². The average Bonchev–Trinajstić information content (AvgIpc) is 3.00. The Hall–Kier alpha value is -0.810. The fourth-order valence-electron chi connectivity index (χ4n) is 2.40. The smallest absolute Gasteiger partial charge is 0.124 e. The van der Waals surface area contributed by atoms with Gasteiger partial charge in [0.2, 0.25) is 0 Å². The summed E-state index contributed by atoms with van der Waals surface area (Å²) >= 11 is 6.18. The topological polar surface area (TPSA) is 39.7 Å². The quantitative estimate of drug-likeness (QED) is 0.711. The molecule has 5 heteroatoms. The summed E-state index contributed by atoms with van der Waals surface area (Å²) in [7, 11) is 1.66. The van der Waals surface area contributed by atoms with Gasteiger partial charge in [-0.25, -0.2) is 0 Å². The van der Waals surface area contributed by atoms with Gasteiger partial charge in [-0.1, -0.05) is 17.7 Å². The molecule has 0 bridgehead atoms. The van der Waals surface area contributed by atoms with Crippen LogP contribution in [0.1, 0.15) is 24.8 Å². The molecule has 0 spiro atoms. The zero-order valence-electron chi connectivity index (χ0n) is 12.6. The summed E-state index contributed by atoms with van der Waals surface area (Å²) in [6, 6.07) is 5.70. The standard InChI is InChI=1S/C16H24ClNO3/c1-19-16-7-2-6-15(17)14(16)11-18-8-4-9-20-12-13-5-3-10-21-13/h2,6-7,13,18H,3-5,8-12H2,1H3. The van der Waals surface area contributed by atoms with Gasteiger partial charge in [-0.3, -0.25) is 0 Å². The van der Waals surface area contributed by atoms with Crippen LogP contribution >= 0.6 is 11.6 Å². The highest BCUT2D eigenvalue weighted by Gasteiger charge is 2.14. The fourth-order valence-corrected chi connectivity index (χ4v) is 2.64. The van der Waals surface area contributed by atoms with E-state index in [-0.39, 0.29) is 0 Å². The SMILES string of the molecule is COc1cccc(Cl)c1CNCCCOCC1CCCO1. The molecule has 0 aromatic heterocycles. The molecule has 21 heavy (non-hydrogen) atoms. The van der Waals surface area contributed by atoms with Crippen LogP contribution in [0, 0.1) is 0 Å². The molecule has 1 aromatic carbocycles. The molecular weight excluding hydrogens is 290 g/mol. The Labute approximate surface area is 131 Å². The molecule has 1 heterocycles. The van der Waals surface area contributed by atoms with E-state index in [1.807, 2.05) is 18.2 Å². The lowest BCUT2D eigenvalue weighted by Gasteiger charge is -2.12. The van der Waals surface area contributed by atoms with Crippen LogP contribution in [0.4, 0.5) is 0 Å². The first-order valence-corrected chi connectivity index (χ1v) is 7.90. The summed E-state index contributed by atoms with van der Waals surface area (Å²) in [4.78, 5) is 0. The van der Waals surface area contributed by atoms with Crippen molar-refractivity contribution in [3.63, 3.8) is 0 Å². The summed E-state index contributed by atoms with van der Waals surface area (Å²) in [5.41, 5.74) is 1.00. The summed E-state index contributed by atoms with van der Waals surface area (Å²) in [5.74, 6) is 0.824. The predicted molar refractivity (Wildman–Crippen MR) is 84.1 cm³/mol. The van der Waals surface area contributed by atoms with Gasteiger partial charge in [0.1, 0.15) is 5.75 Å². The fraction of sp³-hybridized carbons (Fsp3) is 0.625. The van der Waals surface area contributed by atoms with Gasteiger partial charge in [0.05, 0.1) is 19.8 Å². The average molecular weight is 314 g/mol. The summed E-state index contributed by atoms with van der Waals surface area (Å²) in [6.45, 7) is 3.95. The number of benzene rings is 1. The van der Waals surface area contributed by atoms with E-state index in [0.717, 1.165) is 62.0 Å². The third-order valence-corrected chi connectivity index (χ3v) is 3.92. The van der Waals surface area contributed by atoms with Crippen LogP contribution in [0.5, 0.6) is 5.75 Å². The first-order valence-electron chi connectivity index (χ1n) is 7.52. The molecule has 1 fully saturated rings. The van der Waals surface area contributed by atoms with E-state index in [0.29, 0.717) is 12.6 Å². The van der Waals surface area contributed by atoms with Gasteiger partial charge < -0.3 is 19.5 Å². The van der Waals surface area contributed by atoms with Crippen molar-refractivity contribution < 1.29 is 14.2 Å². The third-order valence-electron chi connectivity index (χ3n) is 3.57. The summed E-state index contributed by atoms with van der Waals surface area (Å²) < 4.78 is 16.4. The molecule has 1 aliphatic heterocycles. The molecule has 1 saturated heterocycles. The summed E-state index contributed by atoms with van der Waals surface area (Å²) in [5, 5.41) is 4.10. The Morgan fingerprint density at radius 3 is 3.10 bits per heavy atom. The molecule has 1 unspecified atom stereocenters. The van der Waals surface area contributed by atoms with Crippen molar-refractivity contribution in [1.82, 2.24) is 5.32 Å². The van der Waals surface area contributed by atoms with Crippen LogP contribution in [0.25, 0.3) is 0 Å². The van der Waals surface area contributed by atoms with Crippen LogP contribution < -0.4 is 10.1 Å². The van der Waals surface area contributed by atoms with E-state index in [4.69, 9.17) is 25.8 Å². The van der Waals surface area contributed by atoms with Crippen LogP contribution in [0.3, 0.4) is 0 Å². The number of hydrogen-bond acceptors (Lipinski definition) is 4. The molecular formula is C16H24ClNO3. The highest BCUT2D eigenvalue weighted by Crippen LogP contribution is 2.25. The first-order chi connectivity index (χ1) is 10.3. The van der Waals surface area contributed by atoms with E-state index in [9.17, 15) is 0 Å². The number of hydrogen-bond donors (Lipinski definition) is 1. The van der Waals surface area contributed by atoms with Gasteiger partial charge in [0.25, 0.3) is 0 Å². The van der Waals surface area contributed by atoms with Crippen molar-refractivity contribution >= 4 is 11.6 Å². The Balaban J connectivity index is 1.57. The normalized spacial score (nSPS) is 18.1. The highest BCUT2D eigenvalue weighted by molar-refractivity contribution is 6.31. The first kappa shape index (κ1) is 16.6. The van der Waals surface area contributed by atoms with Crippen molar-refractivity contribution in [2.75, 3.05) is 33.5 Å². The van der Waals surface area contributed by atoms with Gasteiger partial charge in [-0.05, 0) is 37.9 Å². The molecule has 118 valence electrons. The van der Waals surface area contributed by atoms with E-state index >= 15 is 0 Å². The second-order valence-electron chi connectivity index (χ2n) is 5.16. The largest absolute Gasteiger partial charge is 0.496 e. The number of halogens is 1. The molecule has 0 saturated carbocycles. The number of ether oxygens (including phenoxy) is 3. The number of nitrogens with one attached hydrogen (secondary N) is 1. The summed E-state index contributed by atoms with van der Waals surface area (Å²) in [6.07, 6.45) is 3.57. The van der Waals surface area contributed by atoms with Crippen molar-refractivity contribution in [3.05, 3.63) is 28.8 Å². The van der Waals surface area contributed by atoms with Gasteiger partial charge in [-0.15, -0.1) is 0 Å². The lowest BCUT2D eigenvalue weighted by molar-refractivity contribution is 0.0166. The van der Waals surface area contributed by atoms with Crippen LogP contribution in [0.2, 0.25) is 5.02 Å². The van der Waals surface area contributed by atoms with Crippen molar-refractivity contribution in [1.29, 1.82) is 0 Å². The minimum Gasteiger partial charge on any atom is -0.496 e. The lowest BCUT2D eigenvalue weighted by atomic mass is 10.2. The third kappa shape index (κ3) is 5.47. The molecule has 1 N–H and O–H groups in total. The van der Waals surface area contributed by atoms with Gasteiger partial charge >= 0.3 is 0 Å². The maximum atomic E-state index is 6.18. The van der Waals surface area contributed by atoms with Crippen molar-refractivity contribution in [3.8, 4) is 5.75 Å². The maximum Gasteiger partial charge on any atom is 0.124 e. The molecule has 0 aliphatic carbocycles. The molecule has 0 amide bonds. The van der Waals surface area contributed by atoms with E-state index < -0.39 is 0 Å². The van der Waals surface area contributed by atoms with Gasteiger partial charge in [0, 0.05) is 30.3 Å². The second kappa shape index (κ2) is 9.26. The predicted octanol–water partition coefficient (Wildman–Crippen LogP) is 3.02. The molecule has 1 atom stereocenters.